The smallest absolute Gasteiger partial charge is 0.257 e. The Kier molecular flexibility index (Phi) is 4.88. The number of nitrogens with one attached hydrogen (secondary N) is 1. The molecule has 1 N–H and O–H groups in total. The molecule has 1 aromatic rings. The lowest BCUT2D eigenvalue weighted by molar-refractivity contribution is 0.0731. The number of carbonyl (C=O) groups excluding carboxylic acids is 1. The van der Waals surface area contributed by atoms with Crippen molar-refractivity contribution in [1.82, 2.24) is 10.2 Å². The molecule has 1 aliphatic heterocycles. The molecule has 1 aliphatic rings. The van der Waals surface area contributed by atoms with E-state index >= 15 is 0 Å². The first-order chi connectivity index (χ1) is 9.93. The van der Waals surface area contributed by atoms with E-state index in [9.17, 15) is 4.79 Å². The van der Waals surface area contributed by atoms with Crippen LogP contribution in [0.2, 0.25) is 0 Å². The second-order valence-corrected chi connectivity index (χ2v) is 6.44. The zero-order valence-electron chi connectivity index (χ0n) is 13.5. The highest BCUT2D eigenvalue weighted by atomic mass is 16.5. The van der Waals surface area contributed by atoms with Crippen molar-refractivity contribution >= 4 is 5.91 Å². The quantitative estimate of drug-likeness (QED) is 0.929. The highest BCUT2D eigenvalue weighted by molar-refractivity contribution is 5.97. The predicted octanol–water partition coefficient (Wildman–Crippen LogP) is 2.43. The number of amides is 1. The Bertz CT molecular complexity index is 500. The Morgan fingerprint density at radius 3 is 2.52 bits per heavy atom. The summed E-state index contributed by atoms with van der Waals surface area (Å²) < 4.78 is 5.65. The summed E-state index contributed by atoms with van der Waals surface area (Å²) in [6.45, 7) is 12.2. The molecule has 21 heavy (non-hydrogen) atoms. The number of piperazine rings is 1. The van der Waals surface area contributed by atoms with Crippen LogP contribution < -0.4 is 10.1 Å². The minimum absolute atomic E-state index is 0.0171. The lowest BCUT2D eigenvalue weighted by Crippen LogP contribution is -2.46. The third-order valence-electron chi connectivity index (χ3n) is 3.78. The molecule has 1 amide bonds. The summed E-state index contributed by atoms with van der Waals surface area (Å²) in [5.41, 5.74) is 1.86. The summed E-state index contributed by atoms with van der Waals surface area (Å²) in [5, 5.41) is 3.27. The Hall–Kier alpha value is -1.55. The van der Waals surface area contributed by atoms with Crippen LogP contribution in [-0.4, -0.2) is 43.6 Å². The summed E-state index contributed by atoms with van der Waals surface area (Å²) in [6.07, 6.45) is 0. The molecule has 0 aromatic heterocycles. The molecule has 2 rings (SSSR count). The van der Waals surface area contributed by atoms with Gasteiger partial charge in [-0.05, 0) is 30.0 Å². The van der Waals surface area contributed by atoms with Crippen molar-refractivity contribution in [3.63, 3.8) is 0 Å². The maximum Gasteiger partial charge on any atom is 0.257 e. The van der Waals surface area contributed by atoms with E-state index in [0.717, 1.165) is 31.7 Å². The maximum absolute atomic E-state index is 12.8. The van der Waals surface area contributed by atoms with Gasteiger partial charge >= 0.3 is 0 Å². The molecule has 0 aliphatic carbocycles. The molecule has 0 unspecified atom stereocenters. The van der Waals surface area contributed by atoms with Crippen molar-refractivity contribution in [3.8, 4) is 5.75 Å². The van der Waals surface area contributed by atoms with Crippen LogP contribution in [0.3, 0.4) is 0 Å². The second kappa shape index (κ2) is 6.48. The van der Waals surface area contributed by atoms with Gasteiger partial charge in [0.25, 0.3) is 5.91 Å². The number of hydrogen-bond donors (Lipinski definition) is 1. The number of carbonyl (C=O) groups is 1. The lowest BCUT2D eigenvalue weighted by Gasteiger charge is -2.29. The zero-order valence-corrected chi connectivity index (χ0v) is 13.5. The Balaban J connectivity index is 2.35. The van der Waals surface area contributed by atoms with E-state index in [2.05, 4.69) is 32.2 Å². The van der Waals surface area contributed by atoms with Gasteiger partial charge in [0.1, 0.15) is 5.75 Å². The van der Waals surface area contributed by atoms with Crippen molar-refractivity contribution in [2.24, 2.45) is 0 Å². The molecule has 0 bridgehead atoms. The number of hydrogen-bond acceptors (Lipinski definition) is 3. The normalized spacial score (nSPS) is 15.9. The van der Waals surface area contributed by atoms with Crippen molar-refractivity contribution in [2.75, 3.05) is 32.8 Å². The van der Waals surface area contributed by atoms with E-state index in [-0.39, 0.29) is 11.3 Å². The third kappa shape index (κ3) is 3.76. The molecule has 1 aromatic carbocycles. The van der Waals surface area contributed by atoms with Crippen LogP contribution in [0, 0.1) is 0 Å². The van der Waals surface area contributed by atoms with Crippen LogP contribution in [0.4, 0.5) is 0 Å². The van der Waals surface area contributed by atoms with E-state index in [4.69, 9.17) is 4.74 Å². The zero-order chi connectivity index (χ0) is 15.5. The molecule has 0 saturated carbocycles. The van der Waals surface area contributed by atoms with Crippen molar-refractivity contribution in [2.45, 2.75) is 33.1 Å². The summed E-state index contributed by atoms with van der Waals surface area (Å²) >= 11 is 0. The Morgan fingerprint density at radius 1 is 1.29 bits per heavy atom. The van der Waals surface area contributed by atoms with E-state index in [1.165, 1.54) is 0 Å². The average Bonchev–Trinajstić information content (AvgIpc) is 2.47. The minimum atomic E-state index is 0.0171. The van der Waals surface area contributed by atoms with Crippen molar-refractivity contribution in [3.05, 3.63) is 29.3 Å². The van der Waals surface area contributed by atoms with E-state index in [1.54, 1.807) is 0 Å². The topological polar surface area (TPSA) is 41.6 Å². The Labute approximate surface area is 127 Å². The van der Waals surface area contributed by atoms with Crippen LogP contribution >= 0.6 is 0 Å². The van der Waals surface area contributed by atoms with Crippen LogP contribution in [-0.2, 0) is 5.41 Å². The van der Waals surface area contributed by atoms with Gasteiger partial charge in [-0.15, -0.1) is 0 Å². The molecular weight excluding hydrogens is 264 g/mol. The minimum Gasteiger partial charge on any atom is -0.493 e. The summed E-state index contributed by atoms with van der Waals surface area (Å²) in [6, 6.07) is 5.98. The van der Waals surface area contributed by atoms with Crippen LogP contribution in [0.15, 0.2) is 18.2 Å². The van der Waals surface area contributed by atoms with Crippen molar-refractivity contribution < 1.29 is 9.53 Å². The predicted molar refractivity (Wildman–Crippen MR) is 85.1 cm³/mol. The molecular formula is C17H26N2O2. The first kappa shape index (κ1) is 15.8. The van der Waals surface area contributed by atoms with Gasteiger partial charge in [-0.3, -0.25) is 4.79 Å². The molecule has 4 heteroatoms. The van der Waals surface area contributed by atoms with Crippen molar-refractivity contribution in [1.29, 1.82) is 0 Å². The summed E-state index contributed by atoms with van der Waals surface area (Å²) in [7, 11) is 0. The molecule has 116 valence electrons. The highest BCUT2D eigenvalue weighted by Gasteiger charge is 2.24. The van der Waals surface area contributed by atoms with Gasteiger partial charge in [0.2, 0.25) is 0 Å². The molecule has 0 spiro atoms. The fraction of sp³-hybridized carbons (Fsp3) is 0.588. The monoisotopic (exact) mass is 290 g/mol. The fourth-order valence-corrected chi connectivity index (χ4v) is 2.48. The summed E-state index contributed by atoms with van der Waals surface area (Å²) in [4.78, 5) is 14.7. The van der Waals surface area contributed by atoms with E-state index in [0.29, 0.717) is 17.9 Å². The van der Waals surface area contributed by atoms with Gasteiger partial charge < -0.3 is 15.0 Å². The number of benzene rings is 1. The third-order valence-corrected chi connectivity index (χ3v) is 3.78. The molecule has 1 saturated heterocycles. The van der Waals surface area contributed by atoms with Gasteiger partial charge in [-0.1, -0.05) is 26.8 Å². The number of rotatable bonds is 3. The SMILES string of the molecule is CCOc1ccc(C(C)(C)C)cc1C(=O)N1CCNCC1. The fourth-order valence-electron chi connectivity index (χ4n) is 2.48. The second-order valence-electron chi connectivity index (χ2n) is 6.44. The number of nitrogens with zero attached hydrogens (tertiary/aromatic N) is 1. The molecule has 1 fully saturated rings. The summed E-state index contributed by atoms with van der Waals surface area (Å²) in [5.74, 6) is 0.764. The Morgan fingerprint density at radius 2 is 1.95 bits per heavy atom. The number of ether oxygens (including phenoxy) is 1. The van der Waals surface area contributed by atoms with Crippen LogP contribution in [0.5, 0.6) is 5.75 Å². The lowest BCUT2D eigenvalue weighted by atomic mass is 9.86. The molecule has 0 radical (unpaired) electrons. The largest absolute Gasteiger partial charge is 0.493 e. The van der Waals surface area contributed by atoms with E-state index in [1.807, 2.05) is 24.0 Å². The van der Waals surface area contributed by atoms with Gasteiger partial charge in [0.15, 0.2) is 0 Å². The highest BCUT2D eigenvalue weighted by Crippen LogP contribution is 2.29. The average molecular weight is 290 g/mol. The maximum atomic E-state index is 12.8. The van der Waals surface area contributed by atoms with Gasteiger partial charge in [-0.25, -0.2) is 0 Å². The van der Waals surface area contributed by atoms with E-state index < -0.39 is 0 Å². The van der Waals surface area contributed by atoms with Gasteiger partial charge in [0, 0.05) is 26.2 Å². The standard InChI is InChI=1S/C17H26N2O2/c1-5-21-15-7-6-13(17(2,3)4)12-14(15)16(20)19-10-8-18-9-11-19/h6-7,12,18H,5,8-11H2,1-4H3. The molecule has 0 atom stereocenters. The first-order valence-corrected chi connectivity index (χ1v) is 7.71. The van der Waals surface area contributed by atoms with Gasteiger partial charge in [-0.2, -0.15) is 0 Å². The first-order valence-electron chi connectivity index (χ1n) is 7.71. The van der Waals surface area contributed by atoms with Crippen LogP contribution in [0.1, 0.15) is 43.6 Å². The van der Waals surface area contributed by atoms with Gasteiger partial charge in [0.05, 0.1) is 12.2 Å². The molecule has 1 heterocycles. The van der Waals surface area contributed by atoms with Crippen LogP contribution in [0.25, 0.3) is 0 Å². The molecule has 4 nitrogen and oxygen atoms in total.